The Morgan fingerprint density at radius 1 is 1.00 bits per heavy atom. The van der Waals surface area contributed by atoms with E-state index in [1.165, 1.54) is 10.1 Å². The lowest BCUT2D eigenvalue weighted by Crippen LogP contribution is -2.41. The molecule has 5 heteroatoms. The van der Waals surface area contributed by atoms with Crippen molar-refractivity contribution in [3.05, 3.63) is 18.2 Å². The van der Waals surface area contributed by atoms with Crippen LogP contribution in [0.3, 0.4) is 0 Å². The smallest absolute Gasteiger partial charge is 0.399 e. The topological polar surface area (TPSA) is 18.5 Å². The molecule has 0 atom stereocenters. The third-order valence-corrected chi connectivity index (χ3v) is 7.44. The van der Waals surface area contributed by atoms with Gasteiger partial charge in [-0.2, -0.15) is 0 Å². The molecule has 0 amide bonds. The molecule has 0 radical (unpaired) electrons. The minimum absolute atomic E-state index is 0.270. The van der Waals surface area contributed by atoms with Gasteiger partial charge in [0, 0.05) is 4.90 Å². The average Bonchev–Trinajstić information content (AvgIpc) is 2.56. The highest BCUT2D eigenvalue weighted by atomic mass is 32.2. The molecule has 0 spiro atoms. The van der Waals surface area contributed by atoms with Crippen LogP contribution in [0.4, 0.5) is 0 Å². The van der Waals surface area contributed by atoms with E-state index in [1.54, 1.807) is 11.8 Å². The fraction of sp³-hybridized carbons (Fsp3) is 0.625. The largest absolute Gasteiger partial charge is 0.495 e. The van der Waals surface area contributed by atoms with Crippen LogP contribution in [0.15, 0.2) is 23.1 Å². The minimum Gasteiger partial charge on any atom is -0.399 e. The Kier molecular flexibility index (Phi) is 4.44. The molecule has 21 heavy (non-hydrogen) atoms. The lowest BCUT2D eigenvalue weighted by atomic mass is 9.79. The molecule has 1 fully saturated rings. The molecule has 0 saturated carbocycles. The number of hydrogen-bond acceptors (Lipinski definition) is 3. The van der Waals surface area contributed by atoms with Crippen molar-refractivity contribution < 1.29 is 9.31 Å². The summed E-state index contributed by atoms with van der Waals surface area (Å²) in [6, 6.07) is 6.78. The van der Waals surface area contributed by atoms with Crippen LogP contribution in [0.1, 0.15) is 27.7 Å². The molecule has 0 bridgehead atoms. The van der Waals surface area contributed by atoms with Crippen molar-refractivity contribution in [2.75, 3.05) is 6.26 Å². The predicted molar refractivity (Wildman–Crippen MR) is 96.9 cm³/mol. The van der Waals surface area contributed by atoms with Gasteiger partial charge in [0.2, 0.25) is 0 Å². The Morgan fingerprint density at radius 3 is 1.95 bits per heavy atom. The van der Waals surface area contributed by atoms with Gasteiger partial charge in [0.25, 0.3) is 0 Å². The summed E-state index contributed by atoms with van der Waals surface area (Å²) in [7, 11) is -1.57. The second-order valence-electron chi connectivity index (χ2n) is 7.79. The molecule has 0 aliphatic carbocycles. The number of rotatable bonds is 3. The van der Waals surface area contributed by atoms with Crippen LogP contribution in [0, 0.1) is 0 Å². The van der Waals surface area contributed by atoms with Gasteiger partial charge < -0.3 is 9.31 Å². The molecule has 1 aliphatic heterocycles. The highest BCUT2D eigenvalue weighted by Crippen LogP contribution is 2.37. The van der Waals surface area contributed by atoms with Gasteiger partial charge in [-0.1, -0.05) is 37.0 Å². The van der Waals surface area contributed by atoms with E-state index in [0.717, 1.165) is 5.46 Å². The van der Waals surface area contributed by atoms with E-state index in [0.29, 0.717) is 0 Å². The zero-order valence-electron chi connectivity index (χ0n) is 14.5. The maximum Gasteiger partial charge on any atom is 0.495 e. The third-order valence-electron chi connectivity index (χ3n) is 4.61. The van der Waals surface area contributed by atoms with Crippen molar-refractivity contribution in [2.45, 2.75) is 63.4 Å². The minimum atomic E-state index is -1.30. The van der Waals surface area contributed by atoms with Gasteiger partial charge in [0.1, 0.15) is 0 Å². The van der Waals surface area contributed by atoms with Gasteiger partial charge in [-0.3, -0.25) is 0 Å². The van der Waals surface area contributed by atoms with E-state index < -0.39 is 8.07 Å². The molecule has 2 rings (SSSR count). The number of hydrogen-bond donors (Lipinski definition) is 0. The number of thioether (sulfide) groups is 1. The van der Waals surface area contributed by atoms with Crippen LogP contribution in [0.2, 0.25) is 19.6 Å². The van der Waals surface area contributed by atoms with E-state index in [9.17, 15) is 0 Å². The lowest BCUT2D eigenvalue weighted by molar-refractivity contribution is 0.00578. The predicted octanol–water partition coefficient (Wildman–Crippen LogP) is 3.25. The summed E-state index contributed by atoms with van der Waals surface area (Å²) >= 11 is 1.78. The summed E-state index contributed by atoms with van der Waals surface area (Å²) in [6.07, 6.45) is 2.12. The van der Waals surface area contributed by atoms with Gasteiger partial charge in [0.05, 0.1) is 19.3 Å². The zero-order valence-corrected chi connectivity index (χ0v) is 16.4. The summed E-state index contributed by atoms with van der Waals surface area (Å²) in [6.45, 7) is 15.5. The standard InChI is InChI=1S/C16H27BO2SSi/c1-15(2)16(3,4)19-17(18-15)13-10-9-12(21(6,7)8)11-14(13)20-5/h9-11H,1-8H3. The molecule has 0 N–H and O–H groups in total. The third kappa shape index (κ3) is 3.26. The van der Waals surface area contributed by atoms with Crippen molar-refractivity contribution in [1.82, 2.24) is 0 Å². The van der Waals surface area contributed by atoms with Gasteiger partial charge in [0.15, 0.2) is 0 Å². The molecular formula is C16H27BO2SSi. The highest BCUT2D eigenvalue weighted by molar-refractivity contribution is 7.98. The first kappa shape index (κ1) is 17.1. The molecule has 1 heterocycles. The second-order valence-corrected chi connectivity index (χ2v) is 13.7. The first-order valence-corrected chi connectivity index (χ1v) is 12.2. The first-order chi connectivity index (χ1) is 9.48. The summed E-state index contributed by atoms with van der Waals surface area (Å²) in [5.74, 6) is 0. The van der Waals surface area contributed by atoms with Crippen LogP contribution in [0.5, 0.6) is 0 Å². The van der Waals surface area contributed by atoms with Crippen LogP contribution >= 0.6 is 11.8 Å². The summed E-state index contributed by atoms with van der Waals surface area (Å²) in [4.78, 5) is 1.27. The van der Waals surface area contributed by atoms with Gasteiger partial charge in [-0.15, -0.1) is 11.8 Å². The molecule has 2 nitrogen and oxygen atoms in total. The summed E-state index contributed by atoms with van der Waals surface area (Å²) in [5, 5.41) is 1.48. The van der Waals surface area contributed by atoms with Gasteiger partial charge in [-0.05, 0) is 45.5 Å². The maximum atomic E-state index is 6.19. The number of benzene rings is 1. The van der Waals surface area contributed by atoms with Crippen molar-refractivity contribution in [1.29, 1.82) is 0 Å². The molecule has 1 aromatic carbocycles. The Balaban J connectivity index is 2.38. The van der Waals surface area contributed by atoms with Crippen LogP contribution in [-0.2, 0) is 9.31 Å². The van der Waals surface area contributed by atoms with Crippen LogP contribution in [-0.4, -0.2) is 32.7 Å². The van der Waals surface area contributed by atoms with E-state index in [4.69, 9.17) is 9.31 Å². The van der Waals surface area contributed by atoms with E-state index in [-0.39, 0.29) is 18.3 Å². The fourth-order valence-corrected chi connectivity index (χ4v) is 4.25. The highest BCUT2D eigenvalue weighted by Gasteiger charge is 2.52. The van der Waals surface area contributed by atoms with E-state index in [1.807, 2.05) is 0 Å². The maximum absolute atomic E-state index is 6.19. The van der Waals surface area contributed by atoms with E-state index in [2.05, 4.69) is 71.8 Å². The van der Waals surface area contributed by atoms with Crippen molar-refractivity contribution in [3.8, 4) is 0 Å². The Hall–Kier alpha value is -0.228. The van der Waals surface area contributed by atoms with Gasteiger partial charge >= 0.3 is 7.12 Å². The van der Waals surface area contributed by atoms with Crippen molar-refractivity contribution in [3.63, 3.8) is 0 Å². The summed E-state index contributed by atoms with van der Waals surface area (Å²) in [5.41, 5.74) is 0.582. The fourth-order valence-electron chi connectivity index (χ4n) is 2.34. The monoisotopic (exact) mass is 322 g/mol. The van der Waals surface area contributed by atoms with Crippen molar-refractivity contribution >= 4 is 37.6 Å². The normalized spacial score (nSPS) is 20.9. The molecule has 1 saturated heterocycles. The average molecular weight is 322 g/mol. The first-order valence-electron chi connectivity index (χ1n) is 7.52. The Bertz CT molecular complexity index is 522. The van der Waals surface area contributed by atoms with Gasteiger partial charge in [-0.25, -0.2) is 0 Å². The zero-order chi connectivity index (χ0) is 16.1. The molecule has 0 unspecified atom stereocenters. The molecule has 116 valence electrons. The molecular weight excluding hydrogens is 295 g/mol. The molecule has 1 aliphatic rings. The Labute approximate surface area is 135 Å². The van der Waals surface area contributed by atoms with E-state index >= 15 is 0 Å². The quantitative estimate of drug-likeness (QED) is 0.629. The Morgan fingerprint density at radius 2 is 1.52 bits per heavy atom. The molecule has 0 aromatic heterocycles. The van der Waals surface area contributed by atoms with Crippen LogP contribution < -0.4 is 10.6 Å². The summed E-state index contributed by atoms with van der Waals surface area (Å²) < 4.78 is 12.4. The molecule has 1 aromatic rings. The SMILES string of the molecule is CSc1cc([Si](C)(C)C)ccc1B1OC(C)(C)C(C)(C)O1. The lowest BCUT2D eigenvalue weighted by Gasteiger charge is -2.32. The van der Waals surface area contributed by atoms with Crippen LogP contribution in [0.25, 0.3) is 0 Å². The second kappa shape index (κ2) is 5.44. The van der Waals surface area contributed by atoms with Crippen molar-refractivity contribution in [2.24, 2.45) is 0 Å².